The van der Waals surface area contributed by atoms with Crippen molar-refractivity contribution in [1.29, 1.82) is 0 Å². The van der Waals surface area contributed by atoms with Crippen LogP contribution in [-0.4, -0.2) is 17.1 Å². The van der Waals surface area contributed by atoms with Crippen LogP contribution in [0, 0.1) is 0 Å². The molecular weight excluding hydrogens is 413 g/mol. The maximum absolute atomic E-state index is 6.10. The van der Waals surface area contributed by atoms with Crippen molar-refractivity contribution in [3.05, 3.63) is 69.3 Å². The molecule has 146 valence electrons. The Morgan fingerprint density at radius 3 is 2.43 bits per heavy atom. The maximum Gasteiger partial charge on any atom is 0.0737 e. The van der Waals surface area contributed by atoms with E-state index < -0.39 is 0 Å². The van der Waals surface area contributed by atoms with Gasteiger partial charge in [-0.25, -0.2) is 0 Å². The summed E-state index contributed by atoms with van der Waals surface area (Å²) in [5.41, 5.74) is 3.22. The van der Waals surface area contributed by atoms with Crippen molar-refractivity contribution in [2.45, 2.75) is 44.3 Å². The molecule has 3 nitrogen and oxygen atoms in total. The van der Waals surface area contributed by atoms with E-state index >= 15 is 0 Å². The van der Waals surface area contributed by atoms with Crippen LogP contribution in [0.2, 0.25) is 15.1 Å². The van der Waals surface area contributed by atoms with Gasteiger partial charge in [-0.2, -0.15) is 0 Å². The van der Waals surface area contributed by atoms with Crippen LogP contribution in [-0.2, 0) is 6.54 Å². The topological polar surface area (TPSA) is 37.0 Å². The van der Waals surface area contributed by atoms with Crippen LogP contribution in [0.15, 0.2) is 48.7 Å². The Balaban J connectivity index is 1.31. The van der Waals surface area contributed by atoms with Gasteiger partial charge in [-0.1, -0.05) is 40.9 Å². The molecule has 0 amide bonds. The quantitative estimate of drug-likeness (QED) is 0.468. The Hall–Kier alpha value is -1.52. The highest BCUT2D eigenvalue weighted by molar-refractivity contribution is 6.42. The molecular formula is C22H22Cl3N3. The summed E-state index contributed by atoms with van der Waals surface area (Å²) in [5.74, 6) is 0. The summed E-state index contributed by atoms with van der Waals surface area (Å²) < 4.78 is 0. The zero-order valence-corrected chi connectivity index (χ0v) is 17.7. The number of nitrogens with zero attached hydrogens (tertiary/aromatic N) is 1. The third-order valence-electron chi connectivity index (χ3n) is 5.37. The van der Waals surface area contributed by atoms with Crippen LogP contribution >= 0.6 is 34.8 Å². The van der Waals surface area contributed by atoms with E-state index in [1.807, 2.05) is 48.7 Å². The van der Waals surface area contributed by atoms with Gasteiger partial charge in [0.25, 0.3) is 0 Å². The molecule has 0 spiro atoms. The van der Waals surface area contributed by atoms with Crippen molar-refractivity contribution in [1.82, 2.24) is 10.3 Å². The van der Waals surface area contributed by atoms with E-state index in [0.29, 0.717) is 27.2 Å². The molecule has 3 aromatic rings. The van der Waals surface area contributed by atoms with Gasteiger partial charge in [0.2, 0.25) is 0 Å². The summed E-state index contributed by atoms with van der Waals surface area (Å²) in [6.07, 6.45) is 6.40. The lowest BCUT2D eigenvalue weighted by molar-refractivity contribution is 0.353. The third-order valence-corrected chi connectivity index (χ3v) is 6.34. The maximum atomic E-state index is 6.10. The predicted octanol–water partition coefficient (Wildman–Crippen LogP) is 6.71. The second-order valence-electron chi connectivity index (χ2n) is 7.34. The first-order valence-corrected chi connectivity index (χ1v) is 10.7. The molecule has 2 aromatic carbocycles. The van der Waals surface area contributed by atoms with E-state index in [9.17, 15) is 0 Å². The molecule has 4 rings (SSSR count). The van der Waals surface area contributed by atoms with E-state index in [1.165, 1.54) is 0 Å². The Kier molecular flexibility index (Phi) is 6.27. The lowest BCUT2D eigenvalue weighted by Crippen LogP contribution is -2.36. The fraction of sp³-hybridized carbons (Fsp3) is 0.318. The van der Waals surface area contributed by atoms with E-state index in [4.69, 9.17) is 34.8 Å². The number of halogens is 3. The van der Waals surface area contributed by atoms with Crippen LogP contribution < -0.4 is 10.6 Å². The first kappa shape index (κ1) is 19.8. The SMILES string of the molecule is Clc1ccc2c(N[C@H]3CC[C@@H](NCc4ccc(Cl)c(Cl)c4)CC3)ccnc2c1. The molecule has 1 aliphatic carbocycles. The summed E-state index contributed by atoms with van der Waals surface area (Å²) in [7, 11) is 0. The molecule has 2 N–H and O–H groups in total. The number of anilines is 1. The summed E-state index contributed by atoms with van der Waals surface area (Å²) in [4.78, 5) is 4.42. The average molecular weight is 435 g/mol. The Morgan fingerprint density at radius 1 is 0.857 bits per heavy atom. The predicted molar refractivity (Wildman–Crippen MR) is 120 cm³/mol. The monoisotopic (exact) mass is 433 g/mol. The first-order valence-electron chi connectivity index (χ1n) is 9.56. The molecule has 1 fully saturated rings. The minimum Gasteiger partial charge on any atom is -0.382 e. The van der Waals surface area contributed by atoms with Gasteiger partial charge in [-0.05, 0) is 67.6 Å². The molecule has 1 aromatic heterocycles. The van der Waals surface area contributed by atoms with Crippen LogP contribution in [0.3, 0.4) is 0 Å². The normalized spacial score (nSPS) is 19.7. The van der Waals surface area contributed by atoms with Crippen molar-refractivity contribution < 1.29 is 0 Å². The molecule has 0 atom stereocenters. The Bertz CT molecular complexity index is 968. The van der Waals surface area contributed by atoms with Crippen molar-refractivity contribution >= 4 is 51.4 Å². The van der Waals surface area contributed by atoms with Crippen LogP contribution in [0.4, 0.5) is 5.69 Å². The molecule has 1 heterocycles. The van der Waals surface area contributed by atoms with Gasteiger partial charge in [-0.3, -0.25) is 4.98 Å². The molecule has 28 heavy (non-hydrogen) atoms. The Labute approximate surface area is 180 Å². The summed E-state index contributed by atoms with van der Waals surface area (Å²) in [5, 5.41) is 10.4. The van der Waals surface area contributed by atoms with Gasteiger partial charge >= 0.3 is 0 Å². The van der Waals surface area contributed by atoms with Crippen molar-refractivity contribution in [3.8, 4) is 0 Å². The molecule has 0 bridgehead atoms. The highest BCUT2D eigenvalue weighted by atomic mass is 35.5. The van der Waals surface area contributed by atoms with Crippen molar-refractivity contribution in [2.75, 3.05) is 5.32 Å². The highest BCUT2D eigenvalue weighted by Gasteiger charge is 2.21. The van der Waals surface area contributed by atoms with Gasteiger partial charge in [-0.15, -0.1) is 0 Å². The average Bonchev–Trinajstić information content (AvgIpc) is 2.70. The molecule has 0 saturated heterocycles. The second kappa shape index (κ2) is 8.87. The minimum atomic E-state index is 0.476. The number of hydrogen-bond acceptors (Lipinski definition) is 3. The van der Waals surface area contributed by atoms with E-state index in [-0.39, 0.29) is 0 Å². The summed E-state index contributed by atoms with van der Waals surface area (Å²) in [6, 6.07) is 14.7. The Morgan fingerprint density at radius 2 is 1.64 bits per heavy atom. The van der Waals surface area contributed by atoms with E-state index in [2.05, 4.69) is 15.6 Å². The minimum absolute atomic E-state index is 0.476. The molecule has 0 aliphatic heterocycles. The van der Waals surface area contributed by atoms with Crippen molar-refractivity contribution in [2.24, 2.45) is 0 Å². The zero-order chi connectivity index (χ0) is 19.5. The first-order chi connectivity index (χ1) is 13.6. The number of fused-ring (bicyclic) bond motifs is 1. The number of aromatic nitrogens is 1. The smallest absolute Gasteiger partial charge is 0.0737 e. The van der Waals surface area contributed by atoms with Gasteiger partial charge in [0, 0.05) is 40.9 Å². The largest absolute Gasteiger partial charge is 0.382 e. The standard InChI is InChI=1S/C22H22Cl3N3/c23-15-2-7-18-21(9-10-26-22(18)12-15)28-17-5-3-16(4-6-17)27-13-14-1-8-19(24)20(25)11-14/h1-2,7-12,16-17,27H,3-6,13H2,(H,26,28)/t16-,17+. The number of benzene rings is 2. The van der Waals surface area contributed by atoms with Crippen LogP contribution in [0.5, 0.6) is 0 Å². The van der Waals surface area contributed by atoms with Crippen molar-refractivity contribution in [3.63, 3.8) is 0 Å². The van der Waals surface area contributed by atoms with E-state index in [1.54, 1.807) is 0 Å². The van der Waals surface area contributed by atoms with Gasteiger partial charge in [0.1, 0.15) is 0 Å². The fourth-order valence-corrected chi connectivity index (χ4v) is 4.31. The number of nitrogens with one attached hydrogen (secondary N) is 2. The fourth-order valence-electron chi connectivity index (χ4n) is 3.82. The van der Waals surface area contributed by atoms with Gasteiger partial charge in [0.05, 0.1) is 15.6 Å². The van der Waals surface area contributed by atoms with Gasteiger partial charge < -0.3 is 10.6 Å². The molecule has 0 radical (unpaired) electrons. The highest BCUT2D eigenvalue weighted by Crippen LogP contribution is 2.28. The number of pyridine rings is 1. The molecule has 1 aliphatic rings. The van der Waals surface area contributed by atoms with Gasteiger partial charge in [0.15, 0.2) is 0 Å². The summed E-state index contributed by atoms with van der Waals surface area (Å²) in [6.45, 7) is 0.815. The third kappa shape index (κ3) is 4.72. The molecule has 1 saturated carbocycles. The lowest BCUT2D eigenvalue weighted by atomic mass is 9.90. The van der Waals surface area contributed by atoms with E-state index in [0.717, 1.165) is 54.4 Å². The summed E-state index contributed by atoms with van der Waals surface area (Å²) >= 11 is 18.2. The van der Waals surface area contributed by atoms with Crippen LogP contribution in [0.1, 0.15) is 31.2 Å². The molecule has 0 unspecified atom stereocenters. The zero-order valence-electron chi connectivity index (χ0n) is 15.4. The van der Waals surface area contributed by atoms with Crippen LogP contribution in [0.25, 0.3) is 10.9 Å². The number of rotatable bonds is 5. The molecule has 6 heteroatoms. The number of hydrogen-bond donors (Lipinski definition) is 2. The second-order valence-corrected chi connectivity index (χ2v) is 8.59. The lowest BCUT2D eigenvalue weighted by Gasteiger charge is -2.30.